The van der Waals surface area contributed by atoms with Crippen LogP contribution in [0, 0.1) is 0 Å². The molecule has 0 amide bonds. The predicted molar refractivity (Wildman–Crippen MR) is 270 cm³/mol. The summed E-state index contributed by atoms with van der Waals surface area (Å²) in [6, 6.07) is 0. The van der Waals surface area contributed by atoms with Gasteiger partial charge < -0.3 is 14.6 Å². The maximum absolute atomic E-state index is 13.5. The van der Waals surface area contributed by atoms with E-state index in [1.165, 1.54) is 199 Å². The van der Waals surface area contributed by atoms with Crippen molar-refractivity contribution in [3.63, 3.8) is 0 Å². The number of ketones is 1. The zero-order valence-electron chi connectivity index (χ0n) is 42.5. The normalized spacial score (nSPS) is 12.6. The minimum absolute atomic E-state index is 0.238. The Bertz CT molecular complexity index is 993. The molecule has 0 aliphatic carbocycles. The van der Waals surface area contributed by atoms with E-state index >= 15 is 0 Å². The zero-order chi connectivity index (χ0) is 45.9. The van der Waals surface area contributed by atoms with E-state index in [2.05, 4.69) is 32.9 Å². The third-order valence-corrected chi connectivity index (χ3v) is 13.0. The fourth-order valence-corrected chi connectivity index (χ4v) is 8.77. The Morgan fingerprint density at radius 3 is 0.905 bits per heavy atom. The Balaban J connectivity index is 4.59. The van der Waals surface area contributed by atoms with Crippen molar-refractivity contribution < 1.29 is 29.0 Å². The van der Waals surface area contributed by atoms with Gasteiger partial charge in [-0.15, -0.1) is 0 Å². The Morgan fingerprint density at radius 2 is 0.603 bits per heavy atom. The highest BCUT2D eigenvalue weighted by Crippen LogP contribution is 2.19. The molecule has 0 aromatic heterocycles. The lowest BCUT2D eigenvalue weighted by Crippen LogP contribution is -2.43. The van der Waals surface area contributed by atoms with Crippen molar-refractivity contribution in [1.29, 1.82) is 0 Å². The molecule has 6 heteroatoms. The van der Waals surface area contributed by atoms with Crippen molar-refractivity contribution in [2.75, 3.05) is 6.61 Å². The average molecular weight is 889 g/mol. The molecule has 0 aromatic rings. The summed E-state index contributed by atoms with van der Waals surface area (Å²) in [5, 5.41) is 10.3. The maximum Gasteiger partial charge on any atom is 0.306 e. The number of aliphatic hydroxyl groups is 1. The number of aliphatic hydroxyl groups excluding tert-OH is 1. The summed E-state index contributed by atoms with van der Waals surface area (Å²) in [5.41, 5.74) is 0. The van der Waals surface area contributed by atoms with Crippen molar-refractivity contribution in [3.8, 4) is 0 Å². The number of hydrogen-bond donors (Lipinski definition) is 1. The van der Waals surface area contributed by atoms with E-state index in [-0.39, 0.29) is 25.0 Å². The van der Waals surface area contributed by atoms with Crippen LogP contribution in [0.1, 0.15) is 316 Å². The average Bonchev–Trinajstić information content (AvgIpc) is 3.28. The summed E-state index contributed by atoms with van der Waals surface area (Å²) >= 11 is 0. The highest BCUT2D eigenvalue weighted by molar-refractivity contribution is 5.86. The van der Waals surface area contributed by atoms with E-state index in [9.17, 15) is 19.5 Å². The molecule has 0 rings (SSSR count). The first-order valence-electron chi connectivity index (χ1n) is 28.2. The van der Waals surface area contributed by atoms with Gasteiger partial charge in [-0.25, -0.2) is 0 Å². The van der Waals surface area contributed by atoms with Gasteiger partial charge in [0.05, 0.1) is 6.61 Å². The van der Waals surface area contributed by atoms with E-state index in [0.29, 0.717) is 12.8 Å². The first kappa shape index (κ1) is 61.3. The molecule has 0 aliphatic heterocycles. The molecule has 0 heterocycles. The summed E-state index contributed by atoms with van der Waals surface area (Å²) in [6.45, 7) is 6.26. The highest BCUT2D eigenvalue weighted by atomic mass is 16.6. The van der Waals surface area contributed by atoms with E-state index in [1.54, 1.807) is 0 Å². The van der Waals surface area contributed by atoms with Crippen LogP contribution in [0.3, 0.4) is 0 Å². The van der Waals surface area contributed by atoms with Gasteiger partial charge in [0.25, 0.3) is 0 Å². The number of rotatable bonds is 52. The van der Waals surface area contributed by atoms with E-state index in [1.807, 2.05) is 0 Å². The quantitative estimate of drug-likeness (QED) is 0.0372. The van der Waals surface area contributed by atoms with Crippen LogP contribution in [-0.2, 0) is 23.9 Å². The van der Waals surface area contributed by atoms with Crippen molar-refractivity contribution in [3.05, 3.63) is 12.2 Å². The molecule has 0 saturated carbocycles. The minimum atomic E-state index is -1.25. The summed E-state index contributed by atoms with van der Waals surface area (Å²) in [6.07, 6.45) is 55.8. The smallest absolute Gasteiger partial charge is 0.306 e. The molecule has 2 unspecified atom stereocenters. The van der Waals surface area contributed by atoms with E-state index < -0.39 is 30.8 Å². The Labute approximate surface area is 392 Å². The standard InChI is InChI=1S/C57H108O6/c1-4-7-10-13-16-19-22-25-28-31-34-37-40-43-46-49-53(59)57(63-56(61)51-48-45-42-39-36-33-30-27-24-21-18-15-12-9-6-3)54(52-58)62-55(60)50-47-44-41-38-35-32-29-26-23-20-17-14-11-8-5-2/h26,29,54,57-58H,4-25,27-28,30-52H2,1-3H3. The fourth-order valence-electron chi connectivity index (χ4n) is 8.77. The van der Waals surface area contributed by atoms with Gasteiger partial charge in [-0.3, -0.25) is 14.4 Å². The molecule has 0 bridgehead atoms. The second-order valence-corrected chi connectivity index (χ2v) is 19.3. The molecule has 2 atom stereocenters. The summed E-state index contributed by atoms with van der Waals surface area (Å²) in [7, 11) is 0. The summed E-state index contributed by atoms with van der Waals surface area (Å²) in [4.78, 5) is 39.5. The molecular weight excluding hydrogens is 781 g/mol. The lowest BCUT2D eigenvalue weighted by atomic mass is 10.0. The largest absolute Gasteiger partial charge is 0.455 e. The minimum Gasteiger partial charge on any atom is -0.455 e. The maximum atomic E-state index is 13.5. The lowest BCUT2D eigenvalue weighted by molar-refractivity contribution is -0.175. The van der Waals surface area contributed by atoms with Gasteiger partial charge in [-0.05, 0) is 44.9 Å². The van der Waals surface area contributed by atoms with Crippen LogP contribution < -0.4 is 0 Å². The molecule has 0 saturated heterocycles. The molecule has 0 aromatic carbocycles. The number of carbonyl (C=O) groups excluding carboxylic acids is 3. The lowest BCUT2D eigenvalue weighted by Gasteiger charge is -2.25. The molecule has 1 N–H and O–H groups in total. The van der Waals surface area contributed by atoms with Gasteiger partial charge in [-0.1, -0.05) is 264 Å². The number of Topliss-reactive ketones (excluding diaryl/α,β-unsaturated/α-hetero) is 1. The summed E-state index contributed by atoms with van der Waals surface area (Å²) in [5.74, 6) is -1.12. The number of carbonyl (C=O) groups is 3. The molecule has 0 aliphatic rings. The fraction of sp³-hybridized carbons (Fsp3) is 0.912. The van der Waals surface area contributed by atoms with E-state index in [4.69, 9.17) is 9.47 Å². The zero-order valence-corrected chi connectivity index (χ0v) is 42.5. The van der Waals surface area contributed by atoms with Crippen LogP contribution in [0.4, 0.5) is 0 Å². The molecular formula is C57H108O6. The topological polar surface area (TPSA) is 89.9 Å². The van der Waals surface area contributed by atoms with Crippen LogP contribution >= 0.6 is 0 Å². The van der Waals surface area contributed by atoms with Crippen molar-refractivity contribution >= 4 is 17.7 Å². The van der Waals surface area contributed by atoms with Gasteiger partial charge in [-0.2, -0.15) is 0 Å². The van der Waals surface area contributed by atoms with Crippen molar-refractivity contribution in [1.82, 2.24) is 0 Å². The van der Waals surface area contributed by atoms with E-state index in [0.717, 1.165) is 64.2 Å². The summed E-state index contributed by atoms with van der Waals surface area (Å²) < 4.78 is 11.4. The molecule has 372 valence electrons. The number of unbranched alkanes of at least 4 members (excludes halogenated alkanes) is 39. The Hall–Kier alpha value is -1.69. The van der Waals surface area contributed by atoms with Gasteiger partial charge in [0.2, 0.25) is 0 Å². The van der Waals surface area contributed by atoms with Crippen LogP contribution in [-0.4, -0.2) is 41.6 Å². The van der Waals surface area contributed by atoms with Gasteiger partial charge >= 0.3 is 11.9 Å². The van der Waals surface area contributed by atoms with Crippen LogP contribution in [0.2, 0.25) is 0 Å². The Morgan fingerprint density at radius 1 is 0.349 bits per heavy atom. The molecule has 6 nitrogen and oxygen atoms in total. The Kier molecular flexibility index (Phi) is 49.9. The number of allylic oxidation sites excluding steroid dienone is 2. The van der Waals surface area contributed by atoms with Gasteiger partial charge in [0.1, 0.15) is 0 Å². The van der Waals surface area contributed by atoms with Crippen molar-refractivity contribution in [2.45, 2.75) is 328 Å². The highest BCUT2D eigenvalue weighted by Gasteiger charge is 2.34. The SMILES string of the molecule is CCCCCCCCC=CCCCCCCCC(=O)OC(CO)C(OC(=O)CCCCCCCCCCCCCCCCC)C(=O)CCCCCCCCCCCCCCCCC. The van der Waals surface area contributed by atoms with Crippen LogP contribution in [0.15, 0.2) is 12.2 Å². The molecule has 0 spiro atoms. The molecule has 0 fully saturated rings. The first-order chi connectivity index (χ1) is 31.0. The van der Waals surface area contributed by atoms with Gasteiger partial charge in [0, 0.05) is 19.3 Å². The number of hydrogen-bond acceptors (Lipinski definition) is 6. The predicted octanol–water partition coefficient (Wildman–Crippen LogP) is 17.9. The van der Waals surface area contributed by atoms with Crippen molar-refractivity contribution in [2.24, 2.45) is 0 Å². The first-order valence-corrected chi connectivity index (χ1v) is 28.2. The number of ether oxygens (including phenoxy) is 2. The van der Waals surface area contributed by atoms with Crippen LogP contribution in [0.25, 0.3) is 0 Å². The third kappa shape index (κ3) is 45.3. The molecule has 63 heavy (non-hydrogen) atoms. The molecule has 0 radical (unpaired) electrons. The number of esters is 2. The second kappa shape index (κ2) is 51.3. The van der Waals surface area contributed by atoms with Crippen LogP contribution in [0.5, 0.6) is 0 Å². The second-order valence-electron chi connectivity index (χ2n) is 19.3. The van der Waals surface area contributed by atoms with Gasteiger partial charge in [0.15, 0.2) is 18.0 Å². The third-order valence-electron chi connectivity index (χ3n) is 13.0. The monoisotopic (exact) mass is 889 g/mol.